The molecule has 0 aliphatic carbocycles. The zero-order valence-corrected chi connectivity index (χ0v) is 20.1. The first-order chi connectivity index (χ1) is 16.1. The number of hydrogen-bond acceptors (Lipinski definition) is 4. The molecule has 0 aliphatic heterocycles. The van der Waals surface area contributed by atoms with Crippen LogP contribution in [0.4, 0.5) is 18.9 Å². The van der Waals surface area contributed by atoms with E-state index in [2.05, 4.69) is 10.3 Å². The van der Waals surface area contributed by atoms with Gasteiger partial charge in [-0.05, 0) is 74.4 Å². The van der Waals surface area contributed by atoms with E-state index in [0.717, 1.165) is 34.7 Å². The Morgan fingerprint density at radius 3 is 2.38 bits per heavy atom. The van der Waals surface area contributed by atoms with Crippen LogP contribution < -0.4 is 15.8 Å². The van der Waals surface area contributed by atoms with Gasteiger partial charge >= 0.3 is 6.18 Å². The van der Waals surface area contributed by atoms with Crippen molar-refractivity contribution in [1.82, 2.24) is 10.3 Å². The Bertz CT molecular complexity index is 1040. The highest BCUT2D eigenvalue weighted by Crippen LogP contribution is 2.30. The van der Waals surface area contributed by atoms with Crippen LogP contribution in [0.2, 0.25) is 0 Å². The van der Waals surface area contributed by atoms with Gasteiger partial charge in [0, 0.05) is 24.0 Å². The zero-order valence-electron chi connectivity index (χ0n) is 20.1. The number of alkyl halides is 3. The highest BCUT2D eigenvalue weighted by molar-refractivity contribution is 5.75. The first-order valence-corrected chi connectivity index (χ1v) is 10.9. The van der Waals surface area contributed by atoms with Gasteiger partial charge < -0.3 is 15.8 Å². The van der Waals surface area contributed by atoms with Crippen LogP contribution in [0, 0.1) is 6.92 Å². The molecule has 0 aliphatic rings. The molecule has 0 fully saturated rings. The van der Waals surface area contributed by atoms with Crippen molar-refractivity contribution in [2.24, 2.45) is 0 Å². The fourth-order valence-corrected chi connectivity index (χ4v) is 2.80. The van der Waals surface area contributed by atoms with Crippen LogP contribution in [0.1, 0.15) is 44.4 Å². The molecule has 0 unspecified atom stereocenters. The minimum absolute atomic E-state index is 0.105. The van der Waals surface area contributed by atoms with Gasteiger partial charge in [0.2, 0.25) is 6.41 Å². The number of hydrogen-bond donors (Lipinski definition) is 2. The molecule has 3 aromatic rings. The van der Waals surface area contributed by atoms with Crippen molar-refractivity contribution >= 4 is 12.1 Å². The second kappa shape index (κ2) is 13.9. The largest absolute Gasteiger partial charge is 0.491 e. The van der Waals surface area contributed by atoms with E-state index in [1.807, 2.05) is 65.0 Å². The second-order valence-corrected chi connectivity index (χ2v) is 7.33. The molecule has 0 radical (unpaired) electrons. The maximum absolute atomic E-state index is 12.2. The molecular formula is C26H32F3N3O2. The number of halogens is 3. The Morgan fingerprint density at radius 1 is 1.09 bits per heavy atom. The molecule has 1 amide bonds. The van der Waals surface area contributed by atoms with Gasteiger partial charge in [0.05, 0.1) is 17.4 Å². The number of aromatic nitrogens is 1. The van der Waals surface area contributed by atoms with Crippen molar-refractivity contribution in [2.45, 2.75) is 53.4 Å². The smallest absolute Gasteiger partial charge is 0.416 e. The van der Waals surface area contributed by atoms with Gasteiger partial charge in [-0.2, -0.15) is 13.2 Å². The van der Waals surface area contributed by atoms with Gasteiger partial charge in [-0.1, -0.05) is 26.0 Å². The van der Waals surface area contributed by atoms with Crippen molar-refractivity contribution in [3.63, 3.8) is 0 Å². The molecule has 0 spiro atoms. The number of rotatable bonds is 6. The van der Waals surface area contributed by atoms with Gasteiger partial charge in [0.25, 0.3) is 0 Å². The molecule has 184 valence electrons. The summed E-state index contributed by atoms with van der Waals surface area (Å²) >= 11 is 0. The number of nitrogens with two attached hydrogens (primary N) is 1. The first-order valence-electron chi connectivity index (χ1n) is 10.9. The molecule has 2 aromatic carbocycles. The van der Waals surface area contributed by atoms with Crippen LogP contribution >= 0.6 is 0 Å². The van der Waals surface area contributed by atoms with E-state index >= 15 is 0 Å². The molecule has 3 rings (SSSR count). The van der Waals surface area contributed by atoms with E-state index in [9.17, 15) is 18.0 Å². The van der Waals surface area contributed by atoms with Crippen molar-refractivity contribution in [3.05, 3.63) is 77.5 Å². The number of carbonyl (C=O) groups excluding carboxylic acids is 1. The van der Waals surface area contributed by atoms with Crippen LogP contribution in [0.5, 0.6) is 5.75 Å². The average Bonchev–Trinajstić information content (AvgIpc) is 2.80. The number of nitrogen functional groups attached to an aromatic ring is 1. The quantitative estimate of drug-likeness (QED) is 0.319. The minimum atomic E-state index is -4.34. The summed E-state index contributed by atoms with van der Waals surface area (Å²) in [4.78, 5) is 14.3. The van der Waals surface area contributed by atoms with Gasteiger partial charge in [-0.15, -0.1) is 0 Å². The Balaban J connectivity index is 0.000000326. The van der Waals surface area contributed by atoms with E-state index in [1.54, 1.807) is 6.20 Å². The first kappa shape index (κ1) is 28.5. The van der Waals surface area contributed by atoms with E-state index in [4.69, 9.17) is 10.5 Å². The maximum Gasteiger partial charge on any atom is 0.416 e. The fourth-order valence-electron chi connectivity index (χ4n) is 2.80. The molecule has 0 saturated heterocycles. The Morgan fingerprint density at radius 2 is 1.79 bits per heavy atom. The predicted molar refractivity (Wildman–Crippen MR) is 130 cm³/mol. The predicted octanol–water partition coefficient (Wildman–Crippen LogP) is 6.40. The lowest BCUT2D eigenvalue weighted by atomic mass is 10.1. The average molecular weight is 476 g/mol. The number of anilines is 1. The highest BCUT2D eigenvalue weighted by Gasteiger charge is 2.30. The number of amides is 1. The monoisotopic (exact) mass is 475 g/mol. The van der Waals surface area contributed by atoms with Gasteiger partial charge in [0.15, 0.2) is 0 Å². The topological polar surface area (TPSA) is 77.2 Å². The van der Waals surface area contributed by atoms with Crippen molar-refractivity contribution in [3.8, 4) is 17.0 Å². The number of benzene rings is 2. The lowest BCUT2D eigenvalue weighted by Gasteiger charge is -2.12. The maximum atomic E-state index is 12.2. The minimum Gasteiger partial charge on any atom is -0.491 e. The number of nitrogens with zero attached hydrogens (tertiary/aromatic N) is 1. The van der Waals surface area contributed by atoms with Crippen LogP contribution in [-0.2, 0) is 17.5 Å². The molecular weight excluding hydrogens is 443 g/mol. The molecule has 1 aromatic heterocycles. The third-order valence-corrected chi connectivity index (χ3v) is 4.23. The highest BCUT2D eigenvalue weighted by atomic mass is 19.4. The van der Waals surface area contributed by atoms with Gasteiger partial charge in [0.1, 0.15) is 5.75 Å². The third-order valence-electron chi connectivity index (χ3n) is 4.23. The van der Waals surface area contributed by atoms with Crippen LogP contribution in [-0.4, -0.2) is 17.5 Å². The van der Waals surface area contributed by atoms with Crippen LogP contribution in [0.15, 0.2) is 60.8 Å². The Kier molecular flexibility index (Phi) is 11.6. The number of aryl methyl sites for hydroxylation is 1. The second-order valence-electron chi connectivity index (χ2n) is 7.33. The van der Waals surface area contributed by atoms with E-state index in [1.165, 1.54) is 12.1 Å². The lowest BCUT2D eigenvalue weighted by Crippen LogP contribution is -2.11. The van der Waals surface area contributed by atoms with Crippen LogP contribution in [0.25, 0.3) is 11.3 Å². The van der Waals surface area contributed by atoms with E-state index in [-0.39, 0.29) is 12.6 Å². The normalized spacial score (nSPS) is 10.4. The molecule has 5 nitrogen and oxygen atoms in total. The molecule has 3 N–H and O–H groups in total. The molecule has 1 heterocycles. The molecule has 8 heteroatoms. The zero-order chi connectivity index (χ0) is 25.7. The van der Waals surface area contributed by atoms with Crippen molar-refractivity contribution in [1.29, 1.82) is 0 Å². The van der Waals surface area contributed by atoms with Crippen molar-refractivity contribution < 1.29 is 22.7 Å². The van der Waals surface area contributed by atoms with Gasteiger partial charge in [-0.25, -0.2) is 0 Å². The number of pyridine rings is 1. The van der Waals surface area contributed by atoms with E-state index < -0.39 is 11.7 Å². The van der Waals surface area contributed by atoms with Gasteiger partial charge in [-0.3, -0.25) is 9.78 Å². The summed E-state index contributed by atoms with van der Waals surface area (Å²) in [5.41, 5.74) is 9.39. The number of nitrogens with one attached hydrogen (secondary N) is 1. The summed E-state index contributed by atoms with van der Waals surface area (Å²) < 4.78 is 42.3. The number of carbonyl (C=O) groups is 1. The summed E-state index contributed by atoms with van der Waals surface area (Å²) in [5.74, 6) is 0.817. The van der Waals surface area contributed by atoms with Crippen molar-refractivity contribution in [2.75, 3.05) is 5.73 Å². The van der Waals surface area contributed by atoms with E-state index in [0.29, 0.717) is 17.7 Å². The third kappa shape index (κ3) is 9.52. The summed E-state index contributed by atoms with van der Waals surface area (Å²) in [5, 5.41) is 2.30. The van der Waals surface area contributed by atoms with Crippen LogP contribution in [0.3, 0.4) is 0 Å². The lowest BCUT2D eigenvalue weighted by molar-refractivity contribution is -0.137. The summed E-state index contributed by atoms with van der Waals surface area (Å²) in [6.07, 6.45) is -1.95. The Labute approximate surface area is 199 Å². The SMILES string of the molecule is CC.Cc1ccnc(-c2cc(OC(C)C)ccc2N)c1.O=CNCc1cccc(C(F)(F)F)c1. The summed E-state index contributed by atoms with van der Waals surface area (Å²) in [6.45, 7) is 10.1. The fraction of sp³-hybridized carbons (Fsp3) is 0.308. The summed E-state index contributed by atoms with van der Waals surface area (Å²) in [6, 6.07) is 14.5. The molecule has 34 heavy (non-hydrogen) atoms. The molecule has 0 atom stereocenters. The summed E-state index contributed by atoms with van der Waals surface area (Å²) in [7, 11) is 0. The Hall–Kier alpha value is -3.55. The number of ether oxygens (including phenoxy) is 1. The molecule has 0 saturated carbocycles. The standard InChI is InChI=1S/C15H18N2O.C9H8F3NO.C2H6/c1-10(2)18-12-4-5-14(16)13(9-12)15-8-11(3)6-7-17-15;10-9(11,12)8-3-1-2-7(4-8)5-13-6-14;1-2/h4-10H,16H2,1-3H3;1-4,6H,5H2,(H,13,14);1-2H3. The molecule has 0 bridgehead atoms.